The summed E-state index contributed by atoms with van der Waals surface area (Å²) in [6.45, 7) is 1.80. The van der Waals surface area contributed by atoms with E-state index in [1.165, 1.54) is 0 Å². The Morgan fingerprint density at radius 3 is 2.63 bits per heavy atom. The van der Waals surface area contributed by atoms with Crippen molar-refractivity contribution in [2.45, 2.75) is 12.8 Å². The summed E-state index contributed by atoms with van der Waals surface area (Å²) in [5.41, 5.74) is 1.87. The maximum absolute atomic E-state index is 12.8. The van der Waals surface area contributed by atoms with E-state index in [2.05, 4.69) is 10.6 Å². The largest absolute Gasteiger partial charge is 0.495 e. The first-order valence-corrected chi connectivity index (χ1v) is 9.13. The molecule has 27 heavy (non-hydrogen) atoms. The highest BCUT2D eigenvalue weighted by Gasteiger charge is 2.34. The van der Waals surface area contributed by atoms with E-state index in [0.717, 1.165) is 12.1 Å². The molecule has 1 heterocycles. The fraction of sp³-hybridized carbons (Fsp3) is 0.381. The van der Waals surface area contributed by atoms with Crippen LogP contribution in [0.3, 0.4) is 0 Å². The zero-order valence-electron chi connectivity index (χ0n) is 15.5. The molecule has 1 aliphatic rings. The van der Waals surface area contributed by atoms with Crippen LogP contribution < -0.4 is 15.4 Å². The Morgan fingerprint density at radius 1 is 1.19 bits per heavy atom. The topological polar surface area (TPSA) is 79.8 Å². The van der Waals surface area contributed by atoms with E-state index < -0.39 is 0 Å². The molecule has 0 aliphatic carbocycles. The molecular weight excluding hydrogens is 344 g/mol. The van der Waals surface area contributed by atoms with E-state index >= 15 is 0 Å². The minimum absolute atomic E-state index is 0.0885. The van der Waals surface area contributed by atoms with Gasteiger partial charge in [0.05, 0.1) is 30.7 Å². The van der Waals surface area contributed by atoms with Gasteiger partial charge in [-0.05, 0) is 37.1 Å². The quantitative estimate of drug-likeness (QED) is 0.666. The van der Waals surface area contributed by atoms with E-state index in [1.54, 1.807) is 13.2 Å². The maximum atomic E-state index is 12.8. The lowest BCUT2D eigenvalue weighted by molar-refractivity contribution is 0.0890. The van der Waals surface area contributed by atoms with Gasteiger partial charge in [0.2, 0.25) is 0 Å². The van der Waals surface area contributed by atoms with Crippen LogP contribution in [0.2, 0.25) is 0 Å². The Morgan fingerprint density at radius 2 is 1.93 bits per heavy atom. The molecule has 1 fully saturated rings. The predicted molar refractivity (Wildman–Crippen MR) is 105 cm³/mol. The molecule has 1 amide bonds. The van der Waals surface area contributed by atoms with Gasteiger partial charge in [-0.25, -0.2) is 0 Å². The molecule has 3 N–H and O–H groups in total. The van der Waals surface area contributed by atoms with Gasteiger partial charge in [0.25, 0.3) is 5.91 Å². The number of nitrogens with one attached hydrogen (secondary N) is 2. The summed E-state index contributed by atoms with van der Waals surface area (Å²) in [5.74, 6) is 0.551. The summed E-state index contributed by atoms with van der Waals surface area (Å²) in [7, 11) is 1.61. The smallest absolute Gasteiger partial charge is 0.253 e. The SMILES string of the molecule is COc1ccccc1Nc1ccccc1C(=O)NCC1(CCO)CCOC1. The number of rotatable bonds is 8. The standard InChI is InChI=1S/C21H26N2O4/c1-26-19-9-5-4-8-18(19)23-17-7-3-2-6-16(17)20(25)22-14-21(10-12-24)11-13-27-15-21/h2-9,23-24H,10-15H2,1H3,(H,22,25). The van der Waals surface area contributed by atoms with Crippen LogP contribution in [-0.4, -0.2) is 44.5 Å². The monoisotopic (exact) mass is 370 g/mol. The summed E-state index contributed by atoms with van der Waals surface area (Å²) in [5, 5.41) is 15.6. The van der Waals surface area contributed by atoms with Gasteiger partial charge in [0.1, 0.15) is 5.75 Å². The molecule has 2 aromatic rings. The fourth-order valence-corrected chi connectivity index (χ4v) is 3.36. The minimum Gasteiger partial charge on any atom is -0.495 e. The molecule has 1 atom stereocenters. The second kappa shape index (κ2) is 8.88. The molecule has 2 aromatic carbocycles. The number of hydrogen-bond donors (Lipinski definition) is 3. The van der Waals surface area contributed by atoms with E-state index in [9.17, 15) is 9.90 Å². The van der Waals surface area contributed by atoms with Crippen molar-refractivity contribution in [2.24, 2.45) is 5.41 Å². The van der Waals surface area contributed by atoms with Crippen LogP contribution in [0.1, 0.15) is 23.2 Å². The third-order valence-corrected chi connectivity index (χ3v) is 5.00. The number of para-hydroxylation sites is 3. The molecule has 1 aliphatic heterocycles. The Labute approximate surface area is 159 Å². The summed E-state index contributed by atoms with van der Waals surface area (Å²) >= 11 is 0. The molecule has 6 nitrogen and oxygen atoms in total. The van der Waals surface area contributed by atoms with E-state index in [1.807, 2.05) is 42.5 Å². The number of carbonyl (C=O) groups excluding carboxylic acids is 1. The van der Waals surface area contributed by atoms with E-state index in [0.29, 0.717) is 43.2 Å². The van der Waals surface area contributed by atoms with Crippen molar-refractivity contribution in [1.29, 1.82) is 0 Å². The lowest BCUT2D eigenvalue weighted by atomic mass is 9.84. The number of amides is 1. The van der Waals surface area contributed by atoms with Crippen molar-refractivity contribution in [2.75, 3.05) is 38.8 Å². The second-order valence-corrected chi connectivity index (χ2v) is 6.83. The summed E-state index contributed by atoms with van der Waals surface area (Å²) in [4.78, 5) is 12.8. The molecule has 6 heteroatoms. The van der Waals surface area contributed by atoms with Crippen LogP contribution in [0, 0.1) is 5.41 Å². The summed E-state index contributed by atoms with van der Waals surface area (Å²) in [6, 6.07) is 14.9. The molecular formula is C21H26N2O4. The van der Waals surface area contributed by atoms with E-state index in [4.69, 9.17) is 9.47 Å². The van der Waals surface area contributed by atoms with Gasteiger partial charge in [-0.1, -0.05) is 24.3 Å². The Kier molecular flexibility index (Phi) is 6.32. The number of benzene rings is 2. The Bertz CT molecular complexity index is 772. The van der Waals surface area contributed by atoms with Crippen molar-refractivity contribution >= 4 is 17.3 Å². The third-order valence-electron chi connectivity index (χ3n) is 5.00. The first kappa shape index (κ1) is 19.2. The molecule has 1 unspecified atom stereocenters. The molecule has 0 aromatic heterocycles. The second-order valence-electron chi connectivity index (χ2n) is 6.83. The normalized spacial score (nSPS) is 18.9. The number of aliphatic hydroxyl groups is 1. The number of aliphatic hydroxyl groups excluding tert-OH is 1. The number of methoxy groups -OCH3 is 1. The molecule has 144 valence electrons. The molecule has 0 spiro atoms. The van der Waals surface area contributed by atoms with Crippen molar-refractivity contribution < 1.29 is 19.4 Å². The Balaban J connectivity index is 1.74. The lowest BCUT2D eigenvalue weighted by Gasteiger charge is -2.27. The fourth-order valence-electron chi connectivity index (χ4n) is 3.36. The maximum Gasteiger partial charge on any atom is 0.253 e. The number of anilines is 2. The average Bonchev–Trinajstić information content (AvgIpc) is 3.16. The van der Waals surface area contributed by atoms with Crippen LogP contribution in [0.25, 0.3) is 0 Å². The highest BCUT2D eigenvalue weighted by atomic mass is 16.5. The molecule has 0 bridgehead atoms. The molecule has 1 saturated heterocycles. The number of ether oxygens (including phenoxy) is 2. The van der Waals surface area contributed by atoms with E-state index in [-0.39, 0.29) is 17.9 Å². The van der Waals surface area contributed by atoms with Crippen LogP contribution in [-0.2, 0) is 4.74 Å². The first-order valence-electron chi connectivity index (χ1n) is 9.13. The summed E-state index contributed by atoms with van der Waals surface area (Å²) in [6.07, 6.45) is 1.46. The van der Waals surface area contributed by atoms with Gasteiger partial charge >= 0.3 is 0 Å². The Hall–Kier alpha value is -2.57. The lowest BCUT2D eigenvalue weighted by Crippen LogP contribution is -2.39. The van der Waals surface area contributed by atoms with Crippen molar-refractivity contribution in [3.63, 3.8) is 0 Å². The van der Waals surface area contributed by atoms with Crippen molar-refractivity contribution in [3.05, 3.63) is 54.1 Å². The predicted octanol–water partition coefficient (Wildman–Crippen LogP) is 2.96. The highest BCUT2D eigenvalue weighted by Crippen LogP contribution is 2.32. The summed E-state index contributed by atoms with van der Waals surface area (Å²) < 4.78 is 10.9. The van der Waals surface area contributed by atoms with Gasteiger partial charge in [-0.15, -0.1) is 0 Å². The molecule has 0 radical (unpaired) electrons. The van der Waals surface area contributed by atoms with Crippen LogP contribution >= 0.6 is 0 Å². The van der Waals surface area contributed by atoms with Crippen molar-refractivity contribution in [3.8, 4) is 5.75 Å². The first-order chi connectivity index (χ1) is 13.2. The zero-order valence-corrected chi connectivity index (χ0v) is 15.5. The molecule has 0 saturated carbocycles. The molecule has 3 rings (SSSR count). The minimum atomic E-state index is -0.185. The van der Waals surface area contributed by atoms with Gasteiger partial charge in [-0.3, -0.25) is 4.79 Å². The average molecular weight is 370 g/mol. The highest BCUT2D eigenvalue weighted by molar-refractivity contribution is 6.00. The number of carbonyl (C=O) groups is 1. The number of hydrogen-bond acceptors (Lipinski definition) is 5. The van der Waals surface area contributed by atoms with Crippen LogP contribution in [0.4, 0.5) is 11.4 Å². The zero-order chi connectivity index (χ0) is 19.1. The van der Waals surface area contributed by atoms with Gasteiger partial charge in [0, 0.05) is 25.2 Å². The van der Waals surface area contributed by atoms with Gasteiger partial charge in [0.15, 0.2) is 0 Å². The van der Waals surface area contributed by atoms with Crippen LogP contribution in [0.15, 0.2) is 48.5 Å². The van der Waals surface area contributed by atoms with Crippen LogP contribution in [0.5, 0.6) is 5.75 Å². The van der Waals surface area contributed by atoms with Gasteiger partial charge in [-0.2, -0.15) is 0 Å². The van der Waals surface area contributed by atoms with Gasteiger partial charge < -0.3 is 25.2 Å². The third kappa shape index (κ3) is 4.59. The van der Waals surface area contributed by atoms with Crippen molar-refractivity contribution in [1.82, 2.24) is 5.32 Å².